The number of aliphatic imine (C=N–C) groups is 1. The molecule has 0 spiro atoms. The van der Waals surface area contributed by atoms with Crippen LogP contribution in [0.5, 0.6) is 0 Å². The van der Waals surface area contributed by atoms with Crippen molar-refractivity contribution in [2.45, 2.75) is 13.0 Å². The molecular weight excluding hydrogens is 174 g/mol. The Labute approximate surface area is 83.4 Å². The van der Waals surface area contributed by atoms with E-state index in [0.717, 1.165) is 19.0 Å². The number of nitrogens with one attached hydrogen (secondary N) is 1. The van der Waals surface area contributed by atoms with E-state index in [0.29, 0.717) is 6.04 Å². The number of rotatable bonds is 0. The highest BCUT2D eigenvalue weighted by Crippen LogP contribution is 2.25. The molecule has 2 heterocycles. The summed E-state index contributed by atoms with van der Waals surface area (Å²) < 4.78 is 0. The Bertz CT molecular complexity index is 397. The minimum Gasteiger partial charge on any atom is -0.367 e. The van der Waals surface area contributed by atoms with Crippen molar-refractivity contribution < 1.29 is 0 Å². The van der Waals surface area contributed by atoms with E-state index in [1.165, 1.54) is 11.3 Å². The zero-order chi connectivity index (χ0) is 9.54. The number of benzene rings is 1. The fourth-order valence-electron chi connectivity index (χ4n) is 2.13. The summed E-state index contributed by atoms with van der Waals surface area (Å²) in [6.07, 6.45) is 0. The van der Waals surface area contributed by atoms with Crippen LogP contribution in [0.4, 0.5) is 5.69 Å². The van der Waals surface area contributed by atoms with E-state index >= 15 is 0 Å². The van der Waals surface area contributed by atoms with Crippen molar-refractivity contribution in [3.63, 3.8) is 0 Å². The maximum Gasteiger partial charge on any atom is 0.134 e. The van der Waals surface area contributed by atoms with E-state index < -0.39 is 0 Å². The molecule has 0 aromatic heterocycles. The zero-order valence-electron chi connectivity index (χ0n) is 8.20. The predicted molar refractivity (Wildman–Crippen MR) is 57.6 cm³/mol. The van der Waals surface area contributed by atoms with Gasteiger partial charge in [0.15, 0.2) is 0 Å². The van der Waals surface area contributed by atoms with Crippen LogP contribution in [0.25, 0.3) is 0 Å². The number of para-hydroxylation sites is 1. The summed E-state index contributed by atoms with van der Waals surface area (Å²) in [7, 11) is 0. The Hall–Kier alpha value is -1.51. The Balaban J connectivity index is 2.12. The molecule has 1 N–H and O–H groups in total. The second-order valence-corrected chi connectivity index (χ2v) is 3.90. The second kappa shape index (κ2) is 2.74. The third-order valence-corrected chi connectivity index (χ3v) is 2.76. The number of hydrogen-bond donors (Lipinski definition) is 1. The number of fused-ring (bicyclic) bond motifs is 3. The molecule has 0 saturated heterocycles. The SMILES string of the molecule is CC1CN2CNc3ccccc3C2=N1. The number of anilines is 1. The van der Waals surface area contributed by atoms with Crippen molar-refractivity contribution >= 4 is 11.5 Å². The first-order chi connectivity index (χ1) is 6.84. The maximum absolute atomic E-state index is 4.65. The minimum atomic E-state index is 0.429. The number of nitrogens with zero attached hydrogens (tertiary/aromatic N) is 2. The summed E-state index contributed by atoms with van der Waals surface area (Å²) in [4.78, 5) is 6.95. The lowest BCUT2D eigenvalue weighted by Crippen LogP contribution is -2.38. The molecule has 1 aromatic carbocycles. The molecule has 3 rings (SSSR count). The monoisotopic (exact) mass is 187 g/mol. The fraction of sp³-hybridized carbons (Fsp3) is 0.364. The van der Waals surface area contributed by atoms with Gasteiger partial charge in [0.25, 0.3) is 0 Å². The molecule has 0 radical (unpaired) electrons. The molecule has 0 aliphatic carbocycles. The largest absolute Gasteiger partial charge is 0.367 e. The molecular formula is C11H13N3. The van der Waals surface area contributed by atoms with Crippen molar-refractivity contribution in [3.05, 3.63) is 29.8 Å². The molecule has 14 heavy (non-hydrogen) atoms. The Kier molecular flexibility index (Phi) is 1.54. The van der Waals surface area contributed by atoms with Crippen LogP contribution in [0.3, 0.4) is 0 Å². The topological polar surface area (TPSA) is 27.6 Å². The van der Waals surface area contributed by atoms with Gasteiger partial charge in [-0.15, -0.1) is 0 Å². The normalized spacial score (nSPS) is 23.6. The van der Waals surface area contributed by atoms with E-state index in [1.54, 1.807) is 0 Å². The highest BCUT2D eigenvalue weighted by Gasteiger charge is 2.27. The zero-order valence-corrected chi connectivity index (χ0v) is 8.20. The molecule has 3 nitrogen and oxygen atoms in total. The van der Waals surface area contributed by atoms with Crippen LogP contribution in [0, 0.1) is 0 Å². The van der Waals surface area contributed by atoms with Crippen LogP contribution in [-0.2, 0) is 0 Å². The average molecular weight is 187 g/mol. The molecule has 0 amide bonds. The quantitative estimate of drug-likeness (QED) is 0.667. The van der Waals surface area contributed by atoms with E-state index in [4.69, 9.17) is 0 Å². The van der Waals surface area contributed by atoms with Gasteiger partial charge in [-0.3, -0.25) is 4.99 Å². The van der Waals surface area contributed by atoms with Crippen molar-refractivity contribution in [1.29, 1.82) is 0 Å². The van der Waals surface area contributed by atoms with E-state index in [-0.39, 0.29) is 0 Å². The van der Waals surface area contributed by atoms with Crippen LogP contribution in [0.15, 0.2) is 29.3 Å². The second-order valence-electron chi connectivity index (χ2n) is 3.90. The molecule has 0 saturated carbocycles. The summed E-state index contributed by atoms with van der Waals surface area (Å²) in [5, 5.41) is 3.40. The molecule has 1 unspecified atom stereocenters. The molecule has 3 heteroatoms. The van der Waals surface area contributed by atoms with Gasteiger partial charge in [0.2, 0.25) is 0 Å². The first-order valence-corrected chi connectivity index (χ1v) is 5.00. The standard InChI is InChI=1S/C11H13N3/c1-8-6-14-7-12-10-5-3-2-4-9(10)11(14)13-8/h2-5,8,12H,6-7H2,1H3. The lowest BCUT2D eigenvalue weighted by Gasteiger charge is -2.28. The van der Waals surface area contributed by atoms with Gasteiger partial charge in [-0.2, -0.15) is 0 Å². The van der Waals surface area contributed by atoms with Crippen molar-refractivity contribution in [2.75, 3.05) is 18.5 Å². The molecule has 0 fully saturated rings. The van der Waals surface area contributed by atoms with Crippen LogP contribution in [0.1, 0.15) is 12.5 Å². The highest BCUT2D eigenvalue weighted by atomic mass is 15.3. The third-order valence-electron chi connectivity index (χ3n) is 2.76. The first-order valence-electron chi connectivity index (χ1n) is 5.00. The van der Waals surface area contributed by atoms with Crippen LogP contribution in [0.2, 0.25) is 0 Å². The van der Waals surface area contributed by atoms with Crippen LogP contribution in [-0.4, -0.2) is 30.0 Å². The summed E-state index contributed by atoms with van der Waals surface area (Å²) in [6.45, 7) is 4.09. The maximum atomic E-state index is 4.65. The van der Waals surface area contributed by atoms with Gasteiger partial charge in [0, 0.05) is 17.8 Å². The third kappa shape index (κ3) is 1.02. The van der Waals surface area contributed by atoms with Crippen LogP contribution >= 0.6 is 0 Å². The van der Waals surface area contributed by atoms with Crippen molar-refractivity contribution in [3.8, 4) is 0 Å². The smallest absolute Gasteiger partial charge is 0.134 e. The van der Waals surface area contributed by atoms with E-state index in [9.17, 15) is 0 Å². The molecule has 1 atom stereocenters. The van der Waals surface area contributed by atoms with Gasteiger partial charge >= 0.3 is 0 Å². The number of amidine groups is 1. The number of hydrogen-bond acceptors (Lipinski definition) is 3. The Morgan fingerprint density at radius 3 is 3.21 bits per heavy atom. The summed E-state index contributed by atoms with van der Waals surface area (Å²) in [5.74, 6) is 1.16. The van der Waals surface area contributed by atoms with Gasteiger partial charge in [-0.05, 0) is 19.1 Å². The fourth-order valence-corrected chi connectivity index (χ4v) is 2.13. The molecule has 1 aromatic rings. The molecule has 2 aliphatic rings. The summed E-state index contributed by atoms with van der Waals surface area (Å²) >= 11 is 0. The van der Waals surface area contributed by atoms with Gasteiger partial charge in [-0.25, -0.2) is 0 Å². The summed E-state index contributed by atoms with van der Waals surface area (Å²) in [5.41, 5.74) is 2.44. The van der Waals surface area contributed by atoms with E-state index in [2.05, 4.69) is 46.4 Å². The highest BCUT2D eigenvalue weighted by molar-refractivity contribution is 6.05. The lowest BCUT2D eigenvalue weighted by atomic mass is 10.1. The lowest BCUT2D eigenvalue weighted by molar-refractivity contribution is 0.454. The van der Waals surface area contributed by atoms with Crippen LogP contribution < -0.4 is 5.32 Å². The minimum absolute atomic E-state index is 0.429. The first kappa shape index (κ1) is 7.85. The molecule has 0 bridgehead atoms. The van der Waals surface area contributed by atoms with Crippen molar-refractivity contribution in [1.82, 2.24) is 4.90 Å². The summed E-state index contributed by atoms with van der Waals surface area (Å²) in [6, 6.07) is 8.79. The van der Waals surface area contributed by atoms with Gasteiger partial charge in [0.05, 0.1) is 12.7 Å². The Morgan fingerprint density at radius 2 is 2.29 bits per heavy atom. The molecule has 72 valence electrons. The van der Waals surface area contributed by atoms with Gasteiger partial charge in [-0.1, -0.05) is 12.1 Å². The average Bonchev–Trinajstić information content (AvgIpc) is 2.59. The van der Waals surface area contributed by atoms with E-state index in [1.807, 2.05) is 0 Å². The van der Waals surface area contributed by atoms with Crippen molar-refractivity contribution in [2.24, 2.45) is 4.99 Å². The predicted octanol–water partition coefficient (Wildman–Crippen LogP) is 1.52. The molecule has 2 aliphatic heterocycles. The van der Waals surface area contributed by atoms with Gasteiger partial charge < -0.3 is 10.2 Å². The Morgan fingerprint density at radius 1 is 1.43 bits per heavy atom. The van der Waals surface area contributed by atoms with Gasteiger partial charge in [0.1, 0.15) is 5.84 Å².